The molecule has 2 atom stereocenters. The van der Waals surface area contributed by atoms with Crippen LogP contribution in [0.15, 0.2) is 64.8 Å². The average Bonchev–Trinajstić information content (AvgIpc) is 3.44. The zero-order valence-corrected chi connectivity index (χ0v) is 27.4. The van der Waals surface area contributed by atoms with Crippen LogP contribution in [0.2, 0.25) is 0 Å². The van der Waals surface area contributed by atoms with Crippen LogP contribution < -0.4 is 4.72 Å². The molecule has 0 fully saturated rings. The third kappa shape index (κ3) is 9.81. The molecule has 0 bridgehead atoms. The van der Waals surface area contributed by atoms with Crippen LogP contribution in [0.4, 0.5) is 18.0 Å². The van der Waals surface area contributed by atoms with Gasteiger partial charge >= 0.3 is 18.2 Å². The zero-order valence-electron chi connectivity index (χ0n) is 26.6. The Bertz CT molecular complexity index is 1700. The topological polar surface area (TPSA) is 167 Å². The number of hydrogen-bond donors (Lipinski definition) is 1. The summed E-state index contributed by atoms with van der Waals surface area (Å²) in [5.41, 5.74) is -0.317. The van der Waals surface area contributed by atoms with Gasteiger partial charge in [-0.3, -0.25) is 9.63 Å². The largest absolute Gasteiger partial charge is 0.569 e. The van der Waals surface area contributed by atoms with Gasteiger partial charge in [-0.15, -0.1) is 5.01 Å². The van der Waals surface area contributed by atoms with Gasteiger partial charge in [-0.1, -0.05) is 29.8 Å². The number of esters is 1. The normalized spacial score (nSPS) is 13.8. The van der Waals surface area contributed by atoms with Crippen LogP contribution in [-0.4, -0.2) is 66.2 Å². The predicted molar refractivity (Wildman–Crippen MR) is 160 cm³/mol. The Kier molecular flexibility index (Phi) is 11.1. The molecule has 256 valence electrons. The van der Waals surface area contributed by atoms with E-state index in [1.807, 2.05) is 6.92 Å². The molecule has 18 heteroatoms. The molecular weight excluding hydrogens is 649 g/mol. The summed E-state index contributed by atoms with van der Waals surface area (Å²) in [6, 6.07) is 11.5. The minimum absolute atomic E-state index is 0.0210. The molecule has 47 heavy (non-hydrogen) atoms. The van der Waals surface area contributed by atoms with Crippen molar-refractivity contribution in [1.82, 2.24) is 19.5 Å². The van der Waals surface area contributed by atoms with Crippen molar-refractivity contribution in [2.75, 3.05) is 13.7 Å². The molecule has 0 aliphatic rings. The van der Waals surface area contributed by atoms with E-state index >= 15 is 0 Å². The first kappa shape index (κ1) is 36.6. The number of aryl methyl sites for hydroxylation is 1. The van der Waals surface area contributed by atoms with Crippen molar-refractivity contribution >= 4 is 22.1 Å². The number of halogens is 3. The molecule has 3 aromatic rings. The number of sulfonamides is 1. The maximum Gasteiger partial charge on any atom is 0.435 e. The van der Waals surface area contributed by atoms with Crippen molar-refractivity contribution < 1.29 is 50.5 Å². The van der Waals surface area contributed by atoms with Crippen molar-refractivity contribution in [2.45, 2.75) is 64.9 Å². The van der Waals surface area contributed by atoms with Crippen LogP contribution in [0.5, 0.6) is 0 Å². The predicted octanol–water partition coefficient (Wildman–Crippen LogP) is 5.35. The summed E-state index contributed by atoms with van der Waals surface area (Å²) in [6.07, 6.45) is -7.25. The smallest absolute Gasteiger partial charge is 0.435 e. The number of nitrogens with one attached hydrogen (secondary N) is 1. The minimum atomic E-state index is -4.72. The molecule has 1 heterocycles. The Morgan fingerprint density at radius 1 is 1.09 bits per heavy atom. The lowest BCUT2D eigenvalue weighted by atomic mass is 9.97. The Labute approximate surface area is 269 Å². The molecular formula is C29H35F3N6O8S. The number of amides is 1. The van der Waals surface area contributed by atoms with Crippen LogP contribution in [0.3, 0.4) is 0 Å². The molecule has 0 spiro atoms. The first-order valence-corrected chi connectivity index (χ1v) is 15.5. The van der Waals surface area contributed by atoms with Crippen LogP contribution >= 0.6 is 0 Å². The van der Waals surface area contributed by atoms with E-state index < -0.39 is 58.3 Å². The molecule has 1 unspecified atom stereocenters. The Balaban J connectivity index is 1.64. The molecule has 0 saturated carbocycles. The molecule has 0 saturated heterocycles. The van der Waals surface area contributed by atoms with Crippen molar-refractivity contribution in [3.63, 3.8) is 0 Å². The lowest BCUT2D eigenvalue weighted by Crippen LogP contribution is -2.40. The zero-order chi connectivity index (χ0) is 35.3. The van der Waals surface area contributed by atoms with E-state index in [1.165, 1.54) is 33.0 Å². The molecule has 3 rings (SSSR count). The van der Waals surface area contributed by atoms with Crippen molar-refractivity contribution in [2.24, 2.45) is 10.7 Å². The Morgan fingerprint density at radius 2 is 1.68 bits per heavy atom. The van der Waals surface area contributed by atoms with Crippen LogP contribution in [0, 0.1) is 17.5 Å². The van der Waals surface area contributed by atoms with E-state index in [0.29, 0.717) is 5.56 Å². The molecule has 0 radical (unpaired) electrons. The third-order valence-corrected chi connectivity index (χ3v) is 7.80. The average molecular weight is 685 g/mol. The van der Waals surface area contributed by atoms with Gasteiger partial charge in [-0.2, -0.15) is 18.3 Å². The fraction of sp³-hybridized carbons (Fsp3) is 0.414. The number of hydrogen-bond acceptors (Lipinski definition) is 10. The lowest BCUT2D eigenvalue weighted by Gasteiger charge is -2.21. The van der Waals surface area contributed by atoms with Crippen LogP contribution in [0.1, 0.15) is 45.9 Å². The van der Waals surface area contributed by atoms with E-state index in [4.69, 9.17) is 14.3 Å². The summed E-state index contributed by atoms with van der Waals surface area (Å²) >= 11 is 0. The standard InChI is InChI=1S/C29H35F3N6O8S/c1-18-8-10-21(11-9-18)24-16-25(29(30,31)32)33-37(24)22-12-14-23(15-13-22)47(42,43)34-27(40)44-17-19(2)36(7)38(41)35-46-20(3)45-26(39)28(4,5)6/h8-16,19-20H,17H2,1-7H3,(H,34,40)/b38-35-/t19-,20?/m0/s1. The highest BCUT2D eigenvalue weighted by Crippen LogP contribution is 2.33. The van der Waals surface area contributed by atoms with E-state index in [1.54, 1.807) is 49.8 Å². The van der Waals surface area contributed by atoms with Gasteiger partial charge in [0.05, 0.1) is 33.7 Å². The number of alkyl halides is 3. The fourth-order valence-corrected chi connectivity index (χ4v) is 4.49. The third-order valence-electron chi connectivity index (χ3n) is 6.47. The van der Waals surface area contributed by atoms with Gasteiger partial charge in [0.1, 0.15) is 12.6 Å². The summed E-state index contributed by atoms with van der Waals surface area (Å²) in [5, 5.41) is 20.2. The van der Waals surface area contributed by atoms with Gasteiger partial charge in [-0.25, -0.2) is 22.6 Å². The summed E-state index contributed by atoms with van der Waals surface area (Å²) in [4.78, 5) is 28.7. The highest BCUT2D eigenvalue weighted by atomic mass is 32.2. The van der Waals surface area contributed by atoms with Crippen LogP contribution in [-0.2, 0) is 35.3 Å². The number of hydrazine groups is 1. The number of likely N-dealkylation sites (N-methyl/N-ethyl adjacent to an activating group) is 1. The SMILES string of the molecule is Cc1ccc(-c2cc(C(F)(F)F)nn2-c2ccc(S(=O)(=O)NC(=O)OC[C@H](C)N(C)/[N+]([O-])=N/OC(C)OC(=O)C(C)(C)C)cc2)cc1. The summed E-state index contributed by atoms with van der Waals surface area (Å²) in [7, 11) is -3.18. The second-order valence-corrected chi connectivity index (χ2v) is 13.2. The fourth-order valence-electron chi connectivity index (χ4n) is 3.60. The maximum absolute atomic E-state index is 13.5. The molecule has 0 aliphatic carbocycles. The second kappa shape index (κ2) is 14.3. The number of carbonyl (C=O) groups is 2. The van der Waals surface area contributed by atoms with E-state index in [-0.39, 0.29) is 21.2 Å². The number of rotatable bonds is 11. The molecule has 14 nitrogen and oxygen atoms in total. The van der Waals surface area contributed by atoms with Gasteiger partial charge in [0, 0.05) is 12.5 Å². The van der Waals surface area contributed by atoms with E-state index in [9.17, 15) is 36.4 Å². The monoisotopic (exact) mass is 684 g/mol. The van der Waals surface area contributed by atoms with Gasteiger partial charge in [0.2, 0.25) is 5.28 Å². The number of benzene rings is 2. The van der Waals surface area contributed by atoms with Gasteiger partial charge in [0.15, 0.2) is 5.69 Å². The van der Waals surface area contributed by atoms with Crippen LogP contribution in [0.25, 0.3) is 16.9 Å². The highest BCUT2D eigenvalue weighted by molar-refractivity contribution is 7.90. The molecule has 1 amide bonds. The van der Waals surface area contributed by atoms with Crippen molar-refractivity contribution in [3.05, 3.63) is 71.1 Å². The first-order chi connectivity index (χ1) is 21.7. The van der Waals surface area contributed by atoms with Gasteiger partial charge in [-0.05, 0) is 65.0 Å². The number of ether oxygens (including phenoxy) is 2. The second-order valence-electron chi connectivity index (χ2n) is 11.5. The number of carbonyl (C=O) groups excluding carboxylic acids is 2. The first-order valence-electron chi connectivity index (χ1n) is 14.0. The Hall–Kier alpha value is -4.87. The molecule has 2 aromatic carbocycles. The number of aromatic nitrogens is 2. The van der Waals surface area contributed by atoms with Gasteiger partial charge in [0.25, 0.3) is 16.3 Å². The van der Waals surface area contributed by atoms with Gasteiger partial charge < -0.3 is 14.7 Å². The summed E-state index contributed by atoms with van der Waals surface area (Å²) in [6.45, 7) is 9.10. The lowest BCUT2D eigenvalue weighted by molar-refractivity contribution is -0.714. The summed E-state index contributed by atoms with van der Waals surface area (Å²) < 4.78 is 78.8. The van der Waals surface area contributed by atoms with Crippen molar-refractivity contribution in [1.29, 1.82) is 0 Å². The maximum atomic E-state index is 13.5. The summed E-state index contributed by atoms with van der Waals surface area (Å²) in [5.74, 6) is -0.575. The minimum Gasteiger partial charge on any atom is -0.569 e. The molecule has 1 N–H and O–H groups in total. The number of nitrogens with zero attached hydrogens (tertiary/aromatic N) is 5. The van der Waals surface area contributed by atoms with Crippen molar-refractivity contribution in [3.8, 4) is 16.9 Å². The highest BCUT2D eigenvalue weighted by Gasteiger charge is 2.35. The quantitative estimate of drug-likeness (QED) is 0.0915. The van der Waals surface area contributed by atoms with E-state index in [2.05, 4.69) is 10.4 Å². The molecule has 1 aromatic heterocycles. The Morgan fingerprint density at radius 3 is 2.23 bits per heavy atom. The molecule has 0 aliphatic heterocycles. The van der Waals surface area contributed by atoms with E-state index in [0.717, 1.165) is 33.5 Å².